The second-order valence-corrected chi connectivity index (χ2v) is 11.2. The van der Waals surface area contributed by atoms with Gasteiger partial charge in [-0.1, -0.05) is 0 Å². The standard InChI is InChI=1S/C29H32F3N5O6S/c1-28(2,3)43-27(41)36-22(7-5-15-38)25(40)37-23-16-18(12-14-33-23)17-44-26-21(6-4-13-34-26)24(39)35-19-8-10-20(11-9-19)42-29(30,31)32/h4,6,8-14,16,22,38H,5,7,15,17H2,1-3H3,(H,35,39)(H,36,41)(H,33,37,40). The van der Waals surface area contributed by atoms with Gasteiger partial charge in [-0.2, -0.15) is 0 Å². The molecule has 1 aromatic carbocycles. The molecule has 0 radical (unpaired) electrons. The summed E-state index contributed by atoms with van der Waals surface area (Å²) in [5.74, 6) is -0.899. The number of aromatic nitrogens is 2. The number of pyridine rings is 2. The Bertz CT molecular complexity index is 1430. The first kappa shape index (κ1) is 34.1. The highest BCUT2D eigenvalue weighted by Crippen LogP contribution is 2.27. The molecule has 0 fully saturated rings. The molecule has 11 nitrogen and oxygen atoms in total. The summed E-state index contributed by atoms with van der Waals surface area (Å²) in [6.45, 7) is 4.92. The second-order valence-electron chi connectivity index (χ2n) is 10.3. The van der Waals surface area contributed by atoms with E-state index < -0.39 is 41.7 Å². The summed E-state index contributed by atoms with van der Waals surface area (Å²) in [5.41, 5.74) is 0.488. The van der Waals surface area contributed by atoms with Crippen LogP contribution in [0.25, 0.3) is 0 Å². The number of alkyl carbamates (subject to hydrolysis) is 1. The van der Waals surface area contributed by atoms with Gasteiger partial charge in [-0.25, -0.2) is 14.8 Å². The average molecular weight is 636 g/mol. The number of hydrogen-bond acceptors (Lipinski definition) is 9. The molecule has 2 heterocycles. The molecular weight excluding hydrogens is 603 g/mol. The third kappa shape index (κ3) is 11.7. The first-order valence-electron chi connectivity index (χ1n) is 13.3. The van der Waals surface area contributed by atoms with Crippen LogP contribution in [0.15, 0.2) is 66.0 Å². The number of ether oxygens (including phenoxy) is 2. The molecule has 1 unspecified atom stereocenters. The molecular formula is C29H32F3N5O6S. The highest BCUT2D eigenvalue weighted by molar-refractivity contribution is 7.98. The van der Waals surface area contributed by atoms with Gasteiger partial charge in [0.1, 0.15) is 28.2 Å². The zero-order valence-electron chi connectivity index (χ0n) is 24.1. The van der Waals surface area contributed by atoms with Crippen LogP contribution in [0.3, 0.4) is 0 Å². The number of thioether (sulfide) groups is 1. The van der Waals surface area contributed by atoms with Crippen LogP contribution in [-0.2, 0) is 15.3 Å². The molecule has 44 heavy (non-hydrogen) atoms. The summed E-state index contributed by atoms with van der Waals surface area (Å²) in [6.07, 6.45) is -2.13. The Balaban J connectivity index is 1.63. The summed E-state index contributed by atoms with van der Waals surface area (Å²) < 4.78 is 46.3. The smallest absolute Gasteiger partial charge is 0.444 e. The van der Waals surface area contributed by atoms with Gasteiger partial charge in [0.2, 0.25) is 5.91 Å². The van der Waals surface area contributed by atoms with Gasteiger partial charge in [0.25, 0.3) is 5.91 Å². The summed E-state index contributed by atoms with van der Waals surface area (Å²) in [7, 11) is 0. The Morgan fingerprint density at radius 2 is 1.73 bits per heavy atom. The van der Waals surface area contributed by atoms with E-state index in [1.807, 2.05) is 0 Å². The molecule has 0 spiro atoms. The van der Waals surface area contributed by atoms with Crippen molar-refractivity contribution in [2.75, 3.05) is 17.2 Å². The van der Waals surface area contributed by atoms with Crippen molar-refractivity contribution in [3.05, 3.63) is 72.1 Å². The molecule has 0 aliphatic carbocycles. The van der Waals surface area contributed by atoms with E-state index in [2.05, 4.69) is 30.7 Å². The predicted molar refractivity (Wildman–Crippen MR) is 157 cm³/mol. The summed E-state index contributed by atoms with van der Waals surface area (Å²) in [5, 5.41) is 17.4. The van der Waals surface area contributed by atoms with Gasteiger partial charge in [-0.15, -0.1) is 24.9 Å². The molecule has 3 aromatic rings. The van der Waals surface area contributed by atoms with Crippen LogP contribution in [-0.4, -0.2) is 57.6 Å². The number of benzene rings is 1. The van der Waals surface area contributed by atoms with Crippen molar-refractivity contribution in [2.24, 2.45) is 0 Å². The van der Waals surface area contributed by atoms with Crippen molar-refractivity contribution in [1.29, 1.82) is 0 Å². The SMILES string of the molecule is CC(C)(C)OC(=O)NC(CCCO)C(=O)Nc1cc(CSc2ncccc2C(=O)Nc2ccc(OC(F)(F)F)cc2)ccn1. The van der Waals surface area contributed by atoms with Crippen LogP contribution < -0.4 is 20.7 Å². The van der Waals surface area contributed by atoms with E-state index in [0.717, 1.165) is 17.7 Å². The number of carbonyl (C=O) groups is 3. The van der Waals surface area contributed by atoms with E-state index in [-0.39, 0.29) is 36.5 Å². The maximum absolute atomic E-state index is 12.9. The summed E-state index contributed by atoms with van der Waals surface area (Å²) in [4.78, 5) is 46.6. The molecule has 0 bridgehead atoms. The third-order valence-electron chi connectivity index (χ3n) is 5.47. The van der Waals surface area contributed by atoms with Crippen molar-refractivity contribution >= 4 is 41.2 Å². The van der Waals surface area contributed by atoms with Crippen LogP contribution in [0.5, 0.6) is 5.75 Å². The van der Waals surface area contributed by atoms with Gasteiger partial charge >= 0.3 is 12.5 Å². The molecule has 4 N–H and O–H groups in total. The summed E-state index contributed by atoms with van der Waals surface area (Å²) in [6, 6.07) is 10.3. The Morgan fingerprint density at radius 3 is 2.39 bits per heavy atom. The van der Waals surface area contributed by atoms with E-state index in [1.54, 1.807) is 45.0 Å². The van der Waals surface area contributed by atoms with Crippen LogP contribution in [0.1, 0.15) is 49.5 Å². The van der Waals surface area contributed by atoms with Gasteiger partial charge in [0.05, 0.1) is 5.56 Å². The number of aliphatic hydroxyl groups excluding tert-OH is 1. The van der Waals surface area contributed by atoms with Crippen molar-refractivity contribution in [1.82, 2.24) is 15.3 Å². The highest BCUT2D eigenvalue weighted by atomic mass is 32.2. The highest BCUT2D eigenvalue weighted by Gasteiger charge is 2.31. The number of amides is 3. The molecule has 0 saturated carbocycles. The number of carbonyl (C=O) groups excluding carboxylic acids is 3. The molecule has 0 aliphatic heterocycles. The van der Waals surface area contributed by atoms with Crippen molar-refractivity contribution in [3.63, 3.8) is 0 Å². The van der Waals surface area contributed by atoms with E-state index in [1.165, 1.54) is 36.3 Å². The monoisotopic (exact) mass is 635 g/mol. The first-order chi connectivity index (χ1) is 20.7. The van der Waals surface area contributed by atoms with Gasteiger partial charge in [0.15, 0.2) is 0 Å². The number of halogens is 3. The van der Waals surface area contributed by atoms with Crippen LogP contribution in [0.2, 0.25) is 0 Å². The fourth-order valence-electron chi connectivity index (χ4n) is 3.63. The van der Waals surface area contributed by atoms with E-state index in [4.69, 9.17) is 4.74 Å². The van der Waals surface area contributed by atoms with E-state index >= 15 is 0 Å². The fraction of sp³-hybridized carbons (Fsp3) is 0.345. The molecule has 1 atom stereocenters. The minimum absolute atomic E-state index is 0.165. The number of nitrogens with zero attached hydrogens (tertiary/aromatic N) is 2. The number of hydrogen-bond donors (Lipinski definition) is 4. The van der Waals surface area contributed by atoms with Gasteiger partial charge < -0.3 is 30.5 Å². The largest absolute Gasteiger partial charge is 0.573 e. The lowest BCUT2D eigenvalue weighted by Gasteiger charge is -2.23. The van der Waals surface area contributed by atoms with E-state index in [9.17, 15) is 32.7 Å². The maximum atomic E-state index is 12.9. The normalized spacial score (nSPS) is 12.2. The number of nitrogens with one attached hydrogen (secondary N) is 3. The van der Waals surface area contributed by atoms with Crippen LogP contribution in [0, 0.1) is 0 Å². The Hall–Kier alpha value is -4.37. The lowest BCUT2D eigenvalue weighted by Crippen LogP contribution is -2.46. The predicted octanol–water partition coefficient (Wildman–Crippen LogP) is 5.52. The Kier molecular flexibility index (Phi) is 11.9. The lowest BCUT2D eigenvalue weighted by molar-refractivity contribution is -0.274. The zero-order valence-corrected chi connectivity index (χ0v) is 24.9. The number of anilines is 2. The maximum Gasteiger partial charge on any atom is 0.573 e. The van der Waals surface area contributed by atoms with Gasteiger partial charge in [-0.05, 0) is 87.7 Å². The lowest BCUT2D eigenvalue weighted by atomic mass is 10.1. The van der Waals surface area contributed by atoms with Gasteiger partial charge in [0, 0.05) is 30.4 Å². The minimum atomic E-state index is -4.82. The topological polar surface area (TPSA) is 152 Å². The average Bonchev–Trinajstić information content (AvgIpc) is 2.93. The van der Waals surface area contributed by atoms with Crippen molar-refractivity contribution in [3.8, 4) is 5.75 Å². The molecule has 15 heteroatoms. The quantitative estimate of drug-likeness (QED) is 0.189. The van der Waals surface area contributed by atoms with Crippen LogP contribution in [0.4, 0.5) is 29.5 Å². The number of aliphatic hydroxyl groups is 1. The zero-order chi connectivity index (χ0) is 32.3. The van der Waals surface area contributed by atoms with Gasteiger partial charge in [-0.3, -0.25) is 9.59 Å². The Morgan fingerprint density at radius 1 is 1.00 bits per heavy atom. The molecule has 3 amide bonds. The third-order valence-corrected chi connectivity index (χ3v) is 6.55. The first-order valence-corrected chi connectivity index (χ1v) is 14.3. The fourth-order valence-corrected chi connectivity index (χ4v) is 4.56. The van der Waals surface area contributed by atoms with Crippen LogP contribution >= 0.6 is 11.8 Å². The molecule has 236 valence electrons. The number of alkyl halides is 3. The molecule has 0 saturated heterocycles. The Labute approximate surface area is 256 Å². The van der Waals surface area contributed by atoms with Crippen molar-refractivity contribution in [2.45, 2.75) is 62.4 Å². The molecule has 0 aliphatic rings. The van der Waals surface area contributed by atoms with Crippen molar-refractivity contribution < 1.29 is 42.1 Å². The summed E-state index contributed by atoms with van der Waals surface area (Å²) >= 11 is 1.25. The molecule has 2 aromatic heterocycles. The molecule has 3 rings (SSSR count). The van der Waals surface area contributed by atoms with E-state index in [0.29, 0.717) is 10.8 Å². The second kappa shape index (κ2) is 15.4. The minimum Gasteiger partial charge on any atom is -0.444 e. The number of rotatable bonds is 12.